The molecular formula is C11H16BrN3. The molecule has 1 saturated heterocycles. The largest absolute Gasteiger partial charge is 0.369 e. The van der Waals surface area contributed by atoms with Crippen LogP contribution in [0.4, 0.5) is 5.82 Å². The fraction of sp³-hybridized carbons (Fsp3) is 0.545. The summed E-state index contributed by atoms with van der Waals surface area (Å²) >= 11 is 3.47. The maximum atomic E-state index is 4.26. The predicted octanol–water partition coefficient (Wildman–Crippen LogP) is 2.40. The minimum Gasteiger partial charge on any atom is -0.369 e. The van der Waals surface area contributed by atoms with Crippen LogP contribution in [0, 0.1) is 0 Å². The van der Waals surface area contributed by atoms with Gasteiger partial charge in [0.15, 0.2) is 0 Å². The molecule has 1 aliphatic rings. The highest BCUT2D eigenvalue weighted by atomic mass is 79.9. The van der Waals surface area contributed by atoms with E-state index in [1.165, 1.54) is 25.8 Å². The highest BCUT2D eigenvalue weighted by Crippen LogP contribution is 2.18. The number of halogens is 1. The third-order valence-corrected chi connectivity index (χ3v) is 3.35. The minimum absolute atomic E-state index is 0.694. The molecular weight excluding hydrogens is 254 g/mol. The van der Waals surface area contributed by atoms with Gasteiger partial charge < -0.3 is 10.6 Å². The Kier molecular flexibility index (Phi) is 3.97. The van der Waals surface area contributed by atoms with E-state index in [0.29, 0.717) is 6.04 Å². The number of hydrogen-bond acceptors (Lipinski definition) is 3. The van der Waals surface area contributed by atoms with Crippen molar-refractivity contribution < 1.29 is 0 Å². The quantitative estimate of drug-likeness (QED) is 0.882. The van der Waals surface area contributed by atoms with Gasteiger partial charge in [0, 0.05) is 18.8 Å². The van der Waals surface area contributed by atoms with Gasteiger partial charge in [-0.05, 0) is 53.9 Å². The number of hydrogen-bond donors (Lipinski definition) is 2. The molecule has 1 aromatic heterocycles. The maximum absolute atomic E-state index is 4.26. The number of pyridine rings is 1. The molecule has 1 aromatic rings. The first kappa shape index (κ1) is 10.9. The number of nitrogens with one attached hydrogen (secondary N) is 2. The van der Waals surface area contributed by atoms with Gasteiger partial charge in [-0.15, -0.1) is 0 Å². The number of rotatable bonds is 4. The van der Waals surface area contributed by atoms with E-state index in [-0.39, 0.29) is 0 Å². The molecule has 2 heterocycles. The number of nitrogens with zero attached hydrogens (tertiary/aromatic N) is 1. The van der Waals surface area contributed by atoms with Crippen LogP contribution in [0.15, 0.2) is 22.8 Å². The summed E-state index contributed by atoms with van der Waals surface area (Å²) in [5, 5.41) is 6.83. The average Bonchev–Trinajstić information content (AvgIpc) is 2.74. The van der Waals surface area contributed by atoms with E-state index < -0.39 is 0 Å². The van der Waals surface area contributed by atoms with Crippen molar-refractivity contribution in [2.75, 3.05) is 18.4 Å². The molecule has 0 bridgehead atoms. The first-order valence-corrected chi connectivity index (χ1v) is 6.23. The Morgan fingerprint density at radius 2 is 2.53 bits per heavy atom. The smallest absolute Gasteiger partial charge is 0.140 e. The van der Waals surface area contributed by atoms with Crippen molar-refractivity contribution in [1.29, 1.82) is 0 Å². The van der Waals surface area contributed by atoms with Crippen LogP contribution in [0.1, 0.15) is 19.3 Å². The molecule has 0 unspecified atom stereocenters. The highest BCUT2D eigenvalue weighted by Gasteiger charge is 2.13. The topological polar surface area (TPSA) is 37.0 Å². The lowest BCUT2D eigenvalue weighted by Gasteiger charge is -2.11. The van der Waals surface area contributed by atoms with Crippen molar-refractivity contribution in [3.63, 3.8) is 0 Å². The highest BCUT2D eigenvalue weighted by molar-refractivity contribution is 9.10. The van der Waals surface area contributed by atoms with Crippen LogP contribution in [-0.4, -0.2) is 24.1 Å². The molecule has 0 aromatic carbocycles. The molecule has 2 N–H and O–H groups in total. The molecule has 2 rings (SSSR count). The van der Waals surface area contributed by atoms with Crippen molar-refractivity contribution in [2.45, 2.75) is 25.3 Å². The second-order valence-corrected chi connectivity index (χ2v) is 4.70. The first-order chi connectivity index (χ1) is 7.36. The Morgan fingerprint density at radius 3 is 3.27 bits per heavy atom. The third-order valence-electron chi connectivity index (χ3n) is 2.71. The van der Waals surface area contributed by atoms with Gasteiger partial charge in [0.2, 0.25) is 0 Å². The lowest BCUT2D eigenvalue weighted by atomic mass is 10.1. The summed E-state index contributed by atoms with van der Waals surface area (Å²) in [6.07, 6.45) is 5.60. The molecule has 4 heteroatoms. The number of aromatic nitrogens is 1. The predicted molar refractivity (Wildman–Crippen MR) is 66.1 cm³/mol. The van der Waals surface area contributed by atoms with Crippen LogP contribution in [0.25, 0.3) is 0 Å². The van der Waals surface area contributed by atoms with Gasteiger partial charge in [-0.3, -0.25) is 0 Å². The summed E-state index contributed by atoms with van der Waals surface area (Å²) in [6.45, 7) is 2.16. The van der Waals surface area contributed by atoms with E-state index in [0.717, 1.165) is 16.8 Å². The monoisotopic (exact) mass is 269 g/mol. The number of anilines is 1. The lowest BCUT2D eigenvalue weighted by Crippen LogP contribution is -2.24. The summed E-state index contributed by atoms with van der Waals surface area (Å²) in [5.41, 5.74) is 0. The fourth-order valence-corrected chi connectivity index (χ4v) is 2.28. The van der Waals surface area contributed by atoms with Gasteiger partial charge in [-0.25, -0.2) is 4.98 Å². The van der Waals surface area contributed by atoms with Gasteiger partial charge >= 0.3 is 0 Å². The fourth-order valence-electron chi connectivity index (χ4n) is 1.88. The zero-order valence-corrected chi connectivity index (χ0v) is 10.3. The Bertz CT molecular complexity index is 310. The van der Waals surface area contributed by atoms with E-state index in [1.807, 2.05) is 12.1 Å². The Hall–Kier alpha value is -0.610. The Morgan fingerprint density at radius 1 is 1.60 bits per heavy atom. The van der Waals surface area contributed by atoms with Crippen molar-refractivity contribution >= 4 is 21.7 Å². The van der Waals surface area contributed by atoms with Crippen LogP contribution in [0.5, 0.6) is 0 Å². The van der Waals surface area contributed by atoms with Crippen LogP contribution >= 0.6 is 15.9 Å². The molecule has 15 heavy (non-hydrogen) atoms. The van der Waals surface area contributed by atoms with Gasteiger partial charge in [0.05, 0.1) is 4.47 Å². The molecule has 0 saturated carbocycles. The van der Waals surface area contributed by atoms with E-state index in [9.17, 15) is 0 Å². The molecule has 1 atom stereocenters. The Balaban J connectivity index is 1.75. The van der Waals surface area contributed by atoms with Gasteiger partial charge in [0.1, 0.15) is 5.82 Å². The summed E-state index contributed by atoms with van der Waals surface area (Å²) < 4.78 is 1.03. The normalized spacial score (nSPS) is 20.5. The van der Waals surface area contributed by atoms with Crippen molar-refractivity contribution in [2.24, 2.45) is 0 Å². The molecule has 0 amide bonds. The van der Waals surface area contributed by atoms with Crippen molar-refractivity contribution in [3.8, 4) is 0 Å². The average molecular weight is 270 g/mol. The Labute approximate surface area is 98.8 Å². The molecule has 1 fully saturated rings. The minimum atomic E-state index is 0.694. The third kappa shape index (κ3) is 3.18. The van der Waals surface area contributed by atoms with Crippen molar-refractivity contribution in [3.05, 3.63) is 22.8 Å². The zero-order chi connectivity index (χ0) is 10.5. The van der Waals surface area contributed by atoms with Crippen LogP contribution in [0.2, 0.25) is 0 Å². The second-order valence-electron chi connectivity index (χ2n) is 3.84. The first-order valence-electron chi connectivity index (χ1n) is 5.44. The van der Waals surface area contributed by atoms with Gasteiger partial charge in [-0.2, -0.15) is 0 Å². The summed E-state index contributed by atoms with van der Waals surface area (Å²) in [6, 6.07) is 4.62. The van der Waals surface area contributed by atoms with Gasteiger partial charge in [0.25, 0.3) is 0 Å². The maximum Gasteiger partial charge on any atom is 0.140 e. The van der Waals surface area contributed by atoms with E-state index >= 15 is 0 Å². The molecule has 82 valence electrons. The van der Waals surface area contributed by atoms with Gasteiger partial charge in [-0.1, -0.05) is 0 Å². The molecule has 0 radical (unpaired) electrons. The zero-order valence-electron chi connectivity index (χ0n) is 8.67. The molecule has 0 aliphatic carbocycles. The van der Waals surface area contributed by atoms with E-state index in [2.05, 4.69) is 31.5 Å². The lowest BCUT2D eigenvalue weighted by molar-refractivity contribution is 0.574. The van der Waals surface area contributed by atoms with Crippen LogP contribution in [-0.2, 0) is 0 Å². The summed E-state index contributed by atoms with van der Waals surface area (Å²) in [7, 11) is 0. The summed E-state index contributed by atoms with van der Waals surface area (Å²) in [5.74, 6) is 0.940. The standard InChI is InChI=1S/C11H16BrN3/c12-10-4-2-7-14-11(10)15-8-5-9-3-1-6-13-9/h2,4,7,9,13H,1,3,5-6,8H2,(H,14,15)/t9-/m1/s1. The molecule has 3 nitrogen and oxygen atoms in total. The van der Waals surface area contributed by atoms with Crippen LogP contribution < -0.4 is 10.6 Å². The van der Waals surface area contributed by atoms with E-state index in [1.54, 1.807) is 6.20 Å². The van der Waals surface area contributed by atoms with Crippen LogP contribution in [0.3, 0.4) is 0 Å². The molecule has 0 spiro atoms. The SMILES string of the molecule is Brc1cccnc1NCC[C@H]1CCCN1. The second kappa shape index (κ2) is 5.47. The summed E-state index contributed by atoms with van der Waals surface area (Å²) in [4.78, 5) is 4.26. The molecule has 1 aliphatic heterocycles. The van der Waals surface area contributed by atoms with E-state index in [4.69, 9.17) is 0 Å². The van der Waals surface area contributed by atoms with Crippen molar-refractivity contribution in [1.82, 2.24) is 10.3 Å².